The number of tetrazole rings is 1. The van der Waals surface area contributed by atoms with Crippen molar-refractivity contribution in [1.82, 2.24) is 28.9 Å². The first-order chi connectivity index (χ1) is 14.2. The van der Waals surface area contributed by atoms with E-state index in [4.69, 9.17) is 0 Å². The van der Waals surface area contributed by atoms with E-state index in [2.05, 4.69) is 20.5 Å². The fourth-order valence-corrected chi connectivity index (χ4v) is 5.09. The van der Waals surface area contributed by atoms with Crippen molar-refractivity contribution in [2.75, 3.05) is 13.1 Å². The summed E-state index contributed by atoms with van der Waals surface area (Å²) >= 11 is 4.49. The van der Waals surface area contributed by atoms with E-state index in [0.717, 1.165) is 17.7 Å². The highest BCUT2D eigenvalue weighted by atomic mass is 32.2. The zero-order chi connectivity index (χ0) is 20.1. The van der Waals surface area contributed by atoms with Gasteiger partial charge in [0.05, 0.1) is 18.3 Å². The van der Waals surface area contributed by atoms with Gasteiger partial charge in [-0.3, -0.25) is 18.2 Å². The molecule has 1 saturated heterocycles. The lowest BCUT2D eigenvalue weighted by Gasteiger charge is -2.36. The van der Waals surface area contributed by atoms with E-state index in [1.807, 2.05) is 35.0 Å². The second kappa shape index (κ2) is 9.29. The Bertz CT molecular complexity index is 901. The summed E-state index contributed by atoms with van der Waals surface area (Å²) in [5.74, 6) is -1.57. The predicted octanol–water partition coefficient (Wildman–Crippen LogP) is 1.97. The molecule has 9 nitrogen and oxygen atoms in total. The van der Waals surface area contributed by atoms with Crippen molar-refractivity contribution in [1.29, 1.82) is 0 Å². The monoisotopic (exact) mass is 447 g/mol. The molecule has 0 aliphatic carbocycles. The maximum Gasteiger partial charge on any atom is 0.251 e. The van der Waals surface area contributed by atoms with E-state index in [1.54, 1.807) is 31.3 Å². The van der Waals surface area contributed by atoms with Crippen LogP contribution in [0.15, 0.2) is 46.5 Å². The summed E-state index contributed by atoms with van der Waals surface area (Å²) in [5, 5.41) is 19.0. The smallest absolute Gasteiger partial charge is 0.251 e. The van der Waals surface area contributed by atoms with Gasteiger partial charge in [-0.1, -0.05) is 12.1 Å². The summed E-state index contributed by atoms with van der Waals surface area (Å²) in [7, 11) is 0. The minimum absolute atomic E-state index is 0.284. The van der Waals surface area contributed by atoms with E-state index >= 15 is 0 Å². The number of carbonyl (C=O) groups is 2. The van der Waals surface area contributed by atoms with Crippen molar-refractivity contribution in [2.45, 2.75) is 12.8 Å². The lowest BCUT2D eigenvalue weighted by molar-refractivity contribution is -0.140. The average Bonchev–Trinajstić information content (AvgIpc) is 3.49. The van der Waals surface area contributed by atoms with Crippen LogP contribution in [-0.2, 0) is 22.4 Å². The van der Waals surface area contributed by atoms with Crippen LogP contribution in [0.5, 0.6) is 0 Å². The molecule has 1 aliphatic heterocycles. The molecule has 0 radical (unpaired) electrons. The zero-order valence-electron chi connectivity index (χ0n) is 15.2. The quantitative estimate of drug-likeness (QED) is 0.298. The van der Waals surface area contributed by atoms with Gasteiger partial charge in [0.2, 0.25) is 0 Å². The van der Waals surface area contributed by atoms with Crippen molar-refractivity contribution in [3.05, 3.63) is 51.1 Å². The molecule has 1 aliphatic rings. The molecule has 0 bridgehead atoms. The van der Waals surface area contributed by atoms with Crippen molar-refractivity contribution >= 4 is 52.8 Å². The fourth-order valence-electron chi connectivity index (χ4n) is 2.72. The van der Waals surface area contributed by atoms with Gasteiger partial charge in [-0.05, 0) is 33.0 Å². The van der Waals surface area contributed by atoms with E-state index < -0.39 is 5.92 Å². The number of hydrogen-bond donors (Lipinski definition) is 0. The Morgan fingerprint density at radius 2 is 1.62 bits per heavy atom. The molecule has 0 N–H and O–H groups in total. The molecule has 1 fully saturated rings. The minimum Gasteiger partial charge on any atom is -0.273 e. The van der Waals surface area contributed by atoms with Crippen molar-refractivity contribution in [3.63, 3.8) is 0 Å². The molecule has 0 saturated carbocycles. The Hall–Kier alpha value is -2.57. The van der Waals surface area contributed by atoms with Crippen LogP contribution in [0.25, 0.3) is 0 Å². The highest BCUT2D eigenvalue weighted by Gasteiger charge is 2.40. The van der Waals surface area contributed by atoms with Gasteiger partial charge in [0.1, 0.15) is 0 Å². The van der Waals surface area contributed by atoms with Crippen LogP contribution < -0.4 is 0 Å². The Morgan fingerprint density at radius 1 is 1.00 bits per heavy atom. The summed E-state index contributed by atoms with van der Waals surface area (Å²) in [4.78, 5) is 29.2. The highest BCUT2D eigenvalue weighted by molar-refractivity contribution is 7.95. The molecular weight excluding hydrogens is 430 g/mol. The summed E-state index contributed by atoms with van der Waals surface area (Å²) < 4.78 is 3.28. The van der Waals surface area contributed by atoms with Gasteiger partial charge in [0, 0.05) is 35.7 Å². The molecule has 150 valence electrons. The molecule has 0 atom stereocenters. The Balaban J connectivity index is 1.49. The number of nitrogens with zero attached hydrogens (tertiary/aromatic N) is 7. The first-order valence-electron chi connectivity index (χ1n) is 8.84. The maximum atomic E-state index is 12.9. The van der Waals surface area contributed by atoms with Gasteiger partial charge < -0.3 is 0 Å². The number of aromatic nitrogens is 4. The third kappa shape index (κ3) is 4.89. The Kier molecular flexibility index (Phi) is 6.32. The Morgan fingerprint density at radius 3 is 2.10 bits per heavy atom. The normalized spacial score (nSPS) is 15.7. The first kappa shape index (κ1) is 19.7. The van der Waals surface area contributed by atoms with Gasteiger partial charge in [-0.15, -0.1) is 38.0 Å². The van der Waals surface area contributed by atoms with E-state index in [1.165, 1.54) is 34.4 Å². The molecule has 2 amide bonds. The van der Waals surface area contributed by atoms with Gasteiger partial charge >= 0.3 is 0 Å². The SMILES string of the molecule is O=C1C(C=Nn2ncnn2)C(=O)N(CCc2cccs2)SN1CCc1cccs1. The van der Waals surface area contributed by atoms with Crippen LogP contribution in [0.1, 0.15) is 9.75 Å². The number of hydrogen-bond acceptors (Lipinski definition) is 9. The molecule has 0 aromatic carbocycles. The molecule has 0 unspecified atom stereocenters. The summed E-state index contributed by atoms with van der Waals surface area (Å²) in [6, 6.07) is 8.06. The van der Waals surface area contributed by atoms with Crippen LogP contribution in [0.3, 0.4) is 0 Å². The minimum atomic E-state index is -1.01. The first-order valence-corrected chi connectivity index (χ1v) is 11.3. The van der Waals surface area contributed by atoms with E-state index in [-0.39, 0.29) is 11.8 Å². The van der Waals surface area contributed by atoms with Crippen LogP contribution in [0, 0.1) is 5.92 Å². The lowest BCUT2D eigenvalue weighted by Crippen LogP contribution is -2.50. The molecule has 12 heteroatoms. The molecule has 4 heterocycles. The number of rotatable bonds is 8. The Labute approximate surface area is 179 Å². The van der Waals surface area contributed by atoms with E-state index in [9.17, 15) is 9.59 Å². The third-order valence-electron chi connectivity index (χ3n) is 4.16. The number of thiophene rings is 2. The summed E-state index contributed by atoms with van der Waals surface area (Å²) in [6.45, 7) is 1.03. The number of amides is 2. The number of carbonyl (C=O) groups excluding carboxylic acids is 2. The average molecular weight is 448 g/mol. The molecular formula is C17H17N7O2S3. The van der Waals surface area contributed by atoms with Crippen molar-refractivity contribution in [2.24, 2.45) is 11.0 Å². The predicted molar refractivity (Wildman–Crippen MR) is 112 cm³/mol. The molecule has 4 rings (SSSR count). The zero-order valence-corrected chi connectivity index (χ0v) is 17.6. The fraction of sp³-hybridized carbons (Fsp3) is 0.294. The third-order valence-corrected chi connectivity index (χ3v) is 7.15. The topological polar surface area (TPSA) is 96.6 Å². The van der Waals surface area contributed by atoms with Crippen molar-refractivity contribution < 1.29 is 9.59 Å². The van der Waals surface area contributed by atoms with Gasteiger partial charge in [-0.2, -0.15) is 0 Å². The second-order valence-corrected chi connectivity index (χ2v) is 9.18. The molecule has 29 heavy (non-hydrogen) atoms. The highest BCUT2D eigenvalue weighted by Crippen LogP contribution is 2.29. The summed E-state index contributed by atoms with van der Waals surface area (Å²) in [6.07, 6.45) is 4.00. The largest absolute Gasteiger partial charge is 0.273 e. The van der Waals surface area contributed by atoms with Crippen LogP contribution in [0.2, 0.25) is 0 Å². The van der Waals surface area contributed by atoms with Gasteiger partial charge in [-0.25, -0.2) is 0 Å². The van der Waals surface area contributed by atoms with Crippen LogP contribution >= 0.6 is 34.8 Å². The van der Waals surface area contributed by atoms with Gasteiger partial charge in [0.25, 0.3) is 11.8 Å². The lowest BCUT2D eigenvalue weighted by atomic mass is 10.1. The molecule has 0 spiro atoms. The van der Waals surface area contributed by atoms with E-state index in [0.29, 0.717) is 13.1 Å². The standard InChI is InChI=1S/C17H17N7O2S3/c25-16-15(11-19-24-20-12-18-21-24)17(26)23(8-6-14-4-2-10-28-14)29-22(16)7-5-13-3-1-9-27-13/h1-4,9-12,15H,5-8H2. The van der Waals surface area contributed by atoms with Crippen LogP contribution in [0.4, 0.5) is 0 Å². The second-order valence-electron chi connectivity index (χ2n) is 6.07. The molecule has 3 aromatic heterocycles. The maximum absolute atomic E-state index is 12.9. The van der Waals surface area contributed by atoms with Gasteiger partial charge in [0.15, 0.2) is 12.2 Å². The molecule has 3 aromatic rings. The summed E-state index contributed by atoms with van der Waals surface area (Å²) in [5.41, 5.74) is 0. The van der Waals surface area contributed by atoms with Crippen molar-refractivity contribution in [3.8, 4) is 0 Å². The van der Waals surface area contributed by atoms with Crippen LogP contribution in [-0.4, -0.2) is 60.0 Å².